The van der Waals surface area contributed by atoms with Crippen LogP contribution >= 0.6 is 0 Å². The van der Waals surface area contributed by atoms with Crippen molar-refractivity contribution in [1.29, 1.82) is 0 Å². The van der Waals surface area contributed by atoms with Gasteiger partial charge in [-0.15, -0.1) is 0 Å². The maximum absolute atomic E-state index is 13.4. The molecular weight excluding hydrogens is 504 g/mol. The zero-order valence-electron chi connectivity index (χ0n) is 23.7. The number of Topliss-reactive ketones (excluding diaryl/α,β-unsaturated/α-hetero) is 1. The summed E-state index contributed by atoms with van der Waals surface area (Å²) in [7, 11) is 0. The highest BCUT2D eigenvalue weighted by molar-refractivity contribution is 6.46. The van der Waals surface area contributed by atoms with Gasteiger partial charge in [-0.25, -0.2) is 0 Å². The van der Waals surface area contributed by atoms with E-state index in [1.54, 1.807) is 17.0 Å². The Bertz CT molecular complexity index is 1350. The summed E-state index contributed by atoms with van der Waals surface area (Å²) in [5, 5.41) is 11.6. The van der Waals surface area contributed by atoms with Crippen LogP contribution in [0, 0.1) is 6.92 Å². The molecule has 1 aliphatic rings. The number of hydrogen-bond acceptors (Lipinski definition) is 6. The van der Waals surface area contributed by atoms with E-state index in [0.717, 1.165) is 29.8 Å². The average molecular weight is 543 g/mol. The van der Waals surface area contributed by atoms with Crippen molar-refractivity contribution in [3.05, 3.63) is 101 Å². The van der Waals surface area contributed by atoms with Gasteiger partial charge in [-0.05, 0) is 74.0 Å². The Balaban J connectivity index is 1.69. The van der Waals surface area contributed by atoms with E-state index >= 15 is 0 Å². The molecule has 3 aromatic rings. The van der Waals surface area contributed by atoms with Crippen molar-refractivity contribution in [3.8, 4) is 11.5 Å². The minimum absolute atomic E-state index is 0.0924. The normalized spacial score (nSPS) is 16.5. The van der Waals surface area contributed by atoms with Gasteiger partial charge in [0, 0.05) is 18.7 Å². The predicted molar refractivity (Wildman–Crippen MR) is 156 cm³/mol. The Morgan fingerprint density at radius 3 is 2.20 bits per heavy atom. The lowest BCUT2D eigenvalue weighted by Crippen LogP contribution is -2.38. The molecule has 4 rings (SSSR count). The van der Waals surface area contributed by atoms with Crippen molar-refractivity contribution < 1.29 is 24.2 Å². The molecule has 1 fully saturated rings. The molecule has 1 saturated heterocycles. The predicted octanol–water partition coefficient (Wildman–Crippen LogP) is 5.74. The fourth-order valence-corrected chi connectivity index (χ4v) is 5.04. The molecule has 0 spiro atoms. The number of hydrogen-bond donors (Lipinski definition) is 1. The first-order chi connectivity index (χ1) is 19.4. The number of likely N-dealkylation sites (tertiary alicyclic amines) is 1. The summed E-state index contributed by atoms with van der Waals surface area (Å²) in [5.74, 6) is -0.114. The highest BCUT2D eigenvalue weighted by atomic mass is 16.5. The molecule has 3 aromatic carbocycles. The van der Waals surface area contributed by atoms with Crippen LogP contribution in [-0.4, -0.2) is 59.4 Å². The van der Waals surface area contributed by atoms with Crippen LogP contribution in [0.2, 0.25) is 0 Å². The van der Waals surface area contributed by atoms with Gasteiger partial charge in [0.2, 0.25) is 0 Å². The lowest BCUT2D eigenvalue weighted by atomic mass is 9.94. The first kappa shape index (κ1) is 28.9. The summed E-state index contributed by atoms with van der Waals surface area (Å²) in [6, 6.07) is 21.9. The number of carbonyl (C=O) groups is 2. The van der Waals surface area contributed by atoms with Crippen LogP contribution < -0.4 is 9.47 Å². The number of benzene rings is 3. The number of ether oxygens (including phenoxy) is 2. The number of aryl methyl sites for hydroxylation is 1. The van der Waals surface area contributed by atoms with Gasteiger partial charge in [0.25, 0.3) is 11.7 Å². The monoisotopic (exact) mass is 542 g/mol. The molecule has 0 bridgehead atoms. The molecule has 7 nitrogen and oxygen atoms in total. The molecule has 0 unspecified atom stereocenters. The molecule has 7 heteroatoms. The van der Waals surface area contributed by atoms with Gasteiger partial charge in [0.1, 0.15) is 23.9 Å². The SMILES string of the molecule is CCOc1ccc([C@H]2/C(=C(\O)c3ccc(OCc4ccccc4)cc3C)C(=O)C(=O)N2CCN(CC)CC)cc1. The molecule has 0 aliphatic carbocycles. The van der Waals surface area contributed by atoms with E-state index in [0.29, 0.717) is 43.4 Å². The number of aliphatic hydroxyl groups is 1. The summed E-state index contributed by atoms with van der Waals surface area (Å²) in [4.78, 5) is 30.5. The molecule has 1 atom stereocenters. The van der Waals surface area contributed by atoms with Crippen molar-refractivity contribution in [2.24, 2.45) is 0 Å². The van der Waals surface area contributed by atoms with E-state index in [1.165, 1.54) is 0 Å². The molecule has 1 aliphatic heterocycles. The Labute approximate surface area is 236 Å². The van der Waals surface area contributed by atoms with Gasteiger partial charge in [0.05, 0.1) is 18.2 Å². The number of carbonyl (C=O) groups excluding carboxylic acids is 2. The van der Waals surface area contributed by atoms with Crippen molar-refractivity contribution in [2.45, 2.75) is 40.3 Å². The first-order valence-corrected chi connectivity index (χ1v) is 13.9. The highest BCUT2D eigenvalue weighted by Gasteiger charge is 2.46. The summed E-state index contributed by atoms with van der Waals surface area (Å²) in [6.45, 7) is 11.5. The number of rotatable bonds is 12. The number of likely N-dealkylation sites (N-methyl/N-ethyl adjacent to an activating group) is 1. The third-order valence-electron chi connectivity index (χ3n) is 7.30. The van der Waals surface area contributed by atoms with E-state index in [4.69, 9.17) is 9.47 Å². The number of nitrogens with zero attached hydrogens (tertiary/aromatic N) is 2. The summed E-state index contributed by atoms with van der Waals surface area (Å²) in [6.07, 6.45) is 0. The fraction of sp³-hybridized carbons (Fsp3) is 0.333. The van der Waals surface area contributed by atoms with E-state index in [-0.39, 0.29) is 11.3 Å². The molecule has 1 N–H and O–H groups in total. The molecular formula is C33H38N2O5. The van der Waals surface area contributed by atoms with Gasteiger partial charge in [-0.3, -0.25) is 9.59 Å². The van der Waals surface area contributed by atoms with E-state index in [2.05, 4.69) is 18.7 Å². The number of ketones is 1. The smallest absolute Gasteiger partial charge is 0.295 e. The quantitative estimate of drug-likeness (QED) is 0.179. The number of aliphatic hydroxyl groups excluding tert-OH is 1. The third kappa shape index (κ3) is 6.37. The first-order valence-electron chi connectivity index (χ1n) is 13.9. The van der Waals surface area contributed by atoms with Crippen LogP contribution in [0.4, 0.5) is 0 Å². The van der Waals surface area contributed by atoms with Crippen LogP contribution in [0.1, 0.15) is 49.1 Å². The van der Waals surface area contributed by atoms with E-state index in [1.807, 2.05) is 74.5 Å². The molecule has 1 heterocycles. The van der Waals surface area contributed by atoms with Crippen molar-refractivity contribution in [1.82, 2.24) is 9.80 Å². The number of amides is 1. The van der Waals surface area contributed by atoms with Gasteiger partial charge in [0.15, 0.2) is 0 Å². The zero-order chi connectivity index (χ0) is 28.6. The van der Waals surface area contributed by atoms with E-state index < -0.39 is 17.7 Å². The Hall–Kier alpha value is -4.10. The zero-order valence-corrected chi connectivity index (χ0v) is 23.7. The maximum atomic E-state index is 13.4. The van der Waals surface area contributed by atoms with Gasteiger partial charge < -0.3 is 24.4 Å². The van der Waals surface area contributed by atoms with Crippen LogP contribution in [-0.2, 0) is 16.2 Å². The lowest BCUT2D eigenvalue weighted by Gasteiger charge is -2.28. The van der Waals surface area contributed by atoms with Crippen molar-refractivity contribution in [2.75, 3.05) is 32.8 Å². The Kier molecular flexibility index (Phi) is 9.61. The molecule has 1 amide bonds. The van der Waals surface area contributed by atoms with Gasteiger partial charge >= 0.3 is 0 Å². The lowest BCUT2D eigenvalue weighted by molar-refractivity contribution is -0.140. The molecule has 40 heavy (non-hydrogen) atoms. The molecule has 210 valence electrons. The van der Waals surface area contributed by atoms with Crippen LogP contribution in [0.5, 0.6) is 11.5 Å². The van der Waals surface area contributed by atoms with Crippen molar-refractivity contribution in [3.63, 3.8) is 0 Å². The Morgan fingerprint density at radius 1 is 0.900 bits per heavy atom. The minimum Gasteiger partial charge on any atom is -0.507 e. The molecule has 0 aromatic heterocycles. The Morgan fingerprint density at radius 2 is 1.57 bits per heavy atom. The largest absolute Gasteiger partial charge is 0.507 e. The van der Waals surface area contributed by atoms with Gasteiger partial charge in [-0.1, -0.05) is 56.3 Å². The second-order valence-corrected chi connectivity index (χ2v) is 9.77. The van der Waals surface area contributed by atoms with E-state index in [9.17, 15) is 14.7 Å². The van der Waals surface area contributed by atoms with Gasteiger partial charge in [-0.2, -0.15) is 0 Å². The second kappa shape index (κ2) is 13.3. The standard InChI is InChI=1S/C33H38N2O5/c1-5-34(6-2)19-20-35-30(25-13-15-26(16-14-25)39-7-3)29(32(37)33(35)38)31(36)28-18-17-27(21-23(28)4)40-22-24-11-9-8-10-12-24/h8-18,21,30,36H,5-7,19-20,22H2,1-4H3/b31-29+/t30-/m0/s1. The van der Waals surface area contributed by atoms with Crippen LogP contribution in [0.15, 0.2) is 78.4 Å². The van der Waals surface area contributed by atoms with Crippen molar-refractivity contribution >= 4 is 17.4 Å². The second-order valence-electron chi connectivity index (χ2n) is 9.77. The average Bonchev–Trinajstić information content (AvgIpc) is 3.22. The third-order valence-corrected chi connectivity index (χ3v) is 7.30. The highest BCUT2D eigenvalue weighted by Crippen LogP contribution is 2.40. The fourth-order valence-electron chi connectivity index (χ4n) is 5.04. The topological polar surface area (TPSA) is 79.3 Å². The van der Waals surface area contributed by atoms with Crippen LogP contribution in [0.3, 0.4) is 0 Å². The maximum Gasteiger partial charge on any atom is 0.295 e. The molecule has 0 radical (unpaired) electrons. The summed E-state index contributed by atoms with van der Waals surface area (Å²) in [5.41, 5.74) is 3.11. The summed E-state index contributed by atoms with van der Waals surface area (Å²) < 4.78 is 11.5. The minimum atomic E-state index is -0.709. The molecule has 0 saturated carbocycles. The summed E-state index contributed by atoms with van der Waals surface area (Å²) >= 11 is 0. The van der Waals surface area contributed by atoms with Crippen LogP contribution in [0.25, 0.3) is 5.76 Å².